The van der Waals surface area contributed by atoms with Gasteiger partial charge in [0.15, 0.2) is 11.2 Å². The van der Waals surface area contributed by atoms with Crippen LogP contribution in [0.15, 0.2) is 48.7 Å². The van der Waals surface area contributed by atoms with Gasteiger partial charge < -0.3 is 20.1 Å². The number of benzene rings is 2. The van der Waals surface area contributed by atoms with Gasteiger partial charge in [-0.1, -0.05) is 23.4 Å². The number of rotatable bonds is 6. The number of para-hydroxylation sites is 2. The Morgan fingerprint density at radius 2 is 1.84 bits per heavy atom. The molecule has 0 spiro atoms. The zero-order chi connectivity index (χ0) is 21.9. The van der Waals surface area contributed by atoms with Crippen LogP contribution in [0.3, 0.4) is 0 Å². The van der Waals surface area contributed by atoms with E-state index in [9.17, 15) is 0 Å². The normalized spacial score (nSPS) is 14.4. The van der Waals surface area contributed by atoms with E-state index in [0.717, 1.165) is 43.1 Å². The topological polar surface area (TPSA) is 99.0 Å². The Morgan fingerprint density at radius 1 is 1.03 bits per heavy atom. The molecule has 0 unspecified atom stereocenters. The molecule has 4 aromatic rings. The summed E-state index contributed by atoms with van der Waals surface area (Å²) in [6.45, 7) is 2.10. The summed E-state index contributed by atoms with van der Waals surface area (Å²) in [7, 11) is 3.30. The quantitative estimate of drug-likeness (QED) is 0.479. The van der Waals surface area contributed by atoms with Crippen molar-refractivity contribution in [2.45, 2.75) is 18.8 Å². The second kappa shape index (κ2) is 8.80. The molecular weight excluding hydrogens is 406 g/mol. The maximum Gasteiger partial charge on any atom is 0.229 e. The summed E-state index contributed by atoms with van der Waals surface area (Å²) < 4.78 is 12.8. The molecule has 1 fully saturated rings. The van der Waals surface area contributed by atoms with E-state index < -0.39 is 0 Å². The average Bonchev–Trinajstić information content (AvgIpc) is 3.28. The molecule has 9 heteroatoms. The van der Waals surface area contributed by atoms with Crippen LogP contribution in [-0.4, -0.2) is 52.3 Å². The Morgan fingerprint density at radius 3 is 2.66 bits per heavy atom. The highest BCUT2D eigenvalue weighted by Crippen LogP contribution is 2.34. The molecule has 2 aromatic heterocycles. The molecule has 164 valence electrons. The van der Waals surface area contributed by atoms with E-state index in [1.807, 2.05) is 30.3 Å². The number of nitrogens with one attached hydrogen (secondary N) is 2. The zero-order valence-electron chi connectivity index (χ0n) is 18.1. The fourth-order valence-electron chi connectivity index (χ4n) is 4.10. The molecule has 2 N–H and O–H groups in total. The molecule has 1 aliphatic rings. The van der Waals surface area contributed by atoms with E-state index in [1.165, 1.54) is 5.56 Å². The molecule has 0 aliphatic carbocycles. The summed E-state index contributed by atoms with van der Waals surface area (Å²) in [5, 5.41) is 15.1. The smallest absolute Gasteiger partial charge is 0.229 e. The Kier molecular flexibility index (Phi) is 5.55. The van der Waals surface area contributed by atoms with Crippen molar-refractivity contribution in [3.63, 3.8) is 0 Å². The van der Waals surface area contributed by atoms with E-state index >= 15 is 0 Å². The second-order valence-electron chi connectivity index (χ2n) is 7.68. The molecule has 0 amide bonds. The van der Waals surface area contributed by atoms with Gasteiger partial charge in [0.2, 0.25) is 5.95 Å². The number of hydrogen-bond donors (Lipinski definition) is 2. The molecule has 0 saturated carbocycles. The summed E-state index contributed by atoms with van der Waals surface area (Å²) >= 11 is 0. The summed E-state index contributed by atoms with van der Waals surface area (Å²) in [5.74, 6) is 2.43. The van der Waals surface area contributed by atoms with Crippen molar-refractivity contribution < 1.29 is 9.47 Å². The molecule has 2 aromatic carbocycles. The molecular formula is C23H25N7O2. The summed E-state index contributed by atoms with van der Waals surface area (Å²) in [4.78, 5) is 9.07. The third-order valence-electron chi connectivity index (χ3n) is 5.79. The van der Waals surface area contributed by atoms with Gasteiger partial charge in [0.25, 0.3) is 0 Å². The first-order valence-corrected chi connectivity index (χ1v) is 10.6. The Labute approximate surface area is 185 Å². The van der Waals surface area contributed by atoms with Crippen molar-refractivity contribution in [2.24, 2.45) is 0 Å². The van der Waals surface area contributed by atoms with Gasteiger partial charge in [-0.2, -0.15) is 9.67 Å². The molecule has 1 saturated heterocycles. The van der Waals surface area contributed by atoms with Crippen LogP contribution in [0, 0.1) is 0 Å². The van der Waals surface area contributed by atoms with Crippen LogP contribution in [0.4, 0.5) is 11.6 Å². The molecule has 9 nitrogen and oxygen atoms in total. The number of piperidine rings is 1. The molecule has 3 heterocycles. The van der Waals surface area contributed by atoms with Crippen LogP contribution in [0.25, 0.3) is 16.9 Å². The number of methoxy groups -OCH3 is 2. The van der Waals surface area contributed by atoms with Crippen LogP contribution in [0.1, 0.15) is 24.3 Å². The number of ether oxygens (including phenoxy) is 2. The first-order valence-electron chi connectivity index (χ1n) is 10.6. The fourth-order valence-corrected chi connectivity index (χ4v) is 4.10. The largest absolute Gasteiger partial charge is 0.495 e. The predicted molar refractivity (Wildman–Crippen MR) is 122 cm³/mol. The molecule has 0 bridgehead atoms. The van der Waals surface area contributed by atoms with E-state index in [4.69, 9.17) is 9.47 Å². The van der Waals surface area contributed by atoms with Gasteiger partial charge in [0.1, 0.15) is 17.2 Å². The lowest BCUT2D eigenvalue weighted by molar-refractivity contribution is 0.411. The van der Waals surface area contributed by atoms with Gasteiger partial charge in [-0.3, -0.25) is 0 Å². The zero-order valence-corrected chi connectivity index (χ0v) is 18.1. The highest BCUT2D eigenvalue weighted by molar-refractivity contribution is 5.74. The van der Waals surface area contributed by atoms with Gasteiger partial charge in [-0.25, -0.2) is 4.98 Å². The van der Waals surface area contributed by atoms with Gasteiger partial charge in [0.05, 0.1) is 26.1 Å². The van der Waals surface area contributed by atoms with E-state index in [0.29, 0.717) is 28.8 Å². The summed E-state index contributed by atoms with van der Waals surface area (Å²) in [6.07, 6.45) is 3.92. The van der Waals surface area contributed by atoms with Crippen molar-refractivity contribution in [3.05, 3.63) is 54.2 Å². The molecule has 0 radical (unpaired) electrons. The lowest BCUT2D eigenvalue weighted by atomic mass is 9.90. The Balaban J connectivity index is 1.47. The van der Waals surface area contributed by atoms with Crippen LogP contribution in [0.2, 0.25) is 0 Å². The Hall–Kier alpha value is -3.72. The molecule has 1 aliphatic heterocycles. The standard InChI is InChI=1S/C23H25N7O2/c1-31-20-6-4-3-5-19(20)30-22-18(28-29-30)14-25-23(27-22)26-17-8-7-16(13-21(17)32-2)15-9-11-24-12-10-15/h3-8,13-15,24H,9-12H2,1-2H3,(H,25,26,27). The van der Waals surface area contributed by atoms with Gasteiger partial charge >= 0.3 is 0 Å². The SMILES string of the molecule is COc1cc(C2CCNCC2)ccc1Nc1ncc2nnn(-c3ccccc3OC)c2n1. The summed E-state index contributed by atoms with van der Waals surface area (Å²) in [5.41, 5.74) is 4.03. The van der Waals surface area contributed by atoms with E-state index in [-0.39, 0.29) is 0 Å². The third kappa shape index (κ3) is 3.82. The summed E-state index contributed by atoms with van der Waals surface area (Å²) in [6, 6.07) is 13.9. The lowest BCUT2D eigenvalue weighted by Crippen LogP contribution is -2.26. The van der Waals surface area contributed by atoms with Crippen LogP contribution < -0.4 is 20.1 Å². The maximum atomic E-state index is 5.66. The minimum Gasteiger partial charge on any atom is -0.495 e. The lowest BCUT2D eigenvalue weighted by Gasteiger charge is -2.24. The monoisotopic (exact) mass is 431 g/mol. The highest BCUT2D eigenvalue weighted by atomic mass is 16.5. The van der Waals surface area contributed by atoms with Gasteiger partial charge in [-0.05, 0) is 61.7 Å². The van der Waals surface area contributed by atoms with Crippen LogP contribution >= 0.6 is 0 Å². The van der Waals surface area contributed by atoms with Crippen LogP contribution in [0.5, 0.6) is 11.5 Å². The van der Waals surface area contributed by atoms with Crippen molar-refractivity contribution in [1.29, 1.82) is 0 Å². The van der Waals surface area contributed by atoms with Crippen molar-refractivity contribution in [2.75, 3.05) is 32.6 Å². The van der Waals surface area contributed by atoms with Crippen molar-refractivity contribution >= 4 is 22.8 Å². The minimum atomic E-state index is 0.434. The Bertz CT molecular complexity index is 1230. The maximum absolute atomic E-state index is 5.66. The number of aromatic nitrogens is 5. The number of anilines is 2. The highest BCUT2D eigenvalue weighted by Gasteiger charge is 2.18. The number of nitrogens with zero attached hydrogens (tertiary/aromatic N) is 5. The molecule has 32 heavy (non-hydrogen) atoms. The molecule has 0 atom stereocenters. The van der Waals surface area contributed by atoms with Crippen molar-refractivity contribution in [3.8, 4) is 17.2 Å². The van der Waals surface area contributed by atoms with Gasteiger partial charge in [0, 0.05) is 0 Å². The minimum absolute atomic E-state index is 0.434. The van der Waals surface area contributed by atoms with Crippen molar-refractivity contribution in [1.82, 2.24) is 30.3 Å². The van der Waals surface area contributed by atoms with E-state index in [2.05, 4.69) is 43.0 Å². The van der Waals surface area contributed by atoms with Gasteiger partial charge in [-0.15, -0.1) is 5.10 Å². The van der Waals surface area contributed by atoms with Crippen LogP contribution in [-0.2, 0) is 0 Å². The average molecular weight is 432 g/mol. The first kappa shape index (κ1) is 20.2. The first-order chi connectivity index (χ1) is 15.8. The number of hydrogen-bond acceptors (Lipinski definition) is 8. The fraction of sp³-hybridized carbons (Fsp3) is 0.304. The number of fused-ring (bicyclic) bond motifs is 1. The third-order valence-corrected chi connectivity index (χ3v) is 5.79. The molecule has 5 rings (SSSR count). The van der Waals surface area contributed by atoms with E-state index in [1.54, 1.807) is 25.1 Å². The predicted octanol–water partition coefficient (Wildman–Crippen LogP) is 3.44. The second-order valence-corrected chi connectivity index (χ2v) is 7.68.